The maximum Gasteiger partial charge on any atom is 0.255 e. The third-order valence-corrected chi connectivity index (χ3v) is 6.04. The molecular weight excluding hydrogens is 449 g/mol. The molecule has 1 heterocycles. The second-order valence-corrected chi connectivity index (χ2v) is 9.45. The normalized spacial score (nSPS) is 11.5. The van der Waals surface area contributed by atoms with Crippen LogP contribution in [0.4, 0.5) is 0 Å². The van der Waals surface area contributed by atoms with E-state index in [2.05, 4.69) is 10.2 Å². The summed E-state index contributed by atoms with van der Waals surface area (Å²) >= 11 is 12.3. The van der Waals surface area contributed by atoms with Crippen molar-refractivity contribution >= 4 is 38.9 Å². The lowest BCUT2D eigenvalue weighted by atomic mass is 10.2. The number of nitrogens with zero attached hydrogens (tertiary/aromatic N) is 3. The van der Waals surface area contributed by atoms with E-state index in [1.165, 1.54) is 23.1 Å². The van der Waals surface area contributed by atoms with Crippen LogP contribution in [-0.2, 0) is 16.4 Å². The van der Waals surface area contributed by atoms with Crippen LogP contribution in [0.15, 0.2) is 51.8 Å². The maximum absolute atomic E-state index is 13.1. The number of halogens is 2. The van der Waals surface area contributed by atoms with Crippen LogP contribution in [0.3, 0.4) is 0 Å². The summed E-state index contributed by atoms with van der Waals surface area (Å²) in [5.74, 6) is 0.0450. The van der Waals surface area contributed by atoms with Gasteiger partial charge in [0, 0.05) is 12.8 Å². The Morgan fingerprint density at radius 3 is 2.50 bits per heavy atom. The molecule has 158 valence electrons. The lowest BCUT2D eigenvalue weighted by Gasteiger charge is -2.21. The van der Waals surface area contributed by atoms with Crippen LogP contribution in [0.1, 0.15) is 29.6 Å². The van der Waals surface area contributed by atoms with Gasteiger partial charge in [0.05, 0.1) is 32.6 Å². The zero-order valence-corrected chi connectivity index (χ0v) is 18.6. The largest absolute Gasteiger partial charge is 0.419 e. The van der Waals surface area contributed by atoms with Crippen molar-refractivity contribution in [3.8, 4) is 11.5 Å². The average Bonchev–Trinajstić information content (AvgIpc) is 3.15. The van der Waals surface area contributed by atoms with E-state index in [9.17, 15) is 13.2 Å². The van der Waals surface area contributed by atoms with Crippen molar-refractivity contribution in [2.24, 2.45) is 0 Å². The minimum atomic E-state index is -3.49. The molecule has 0 atom stereocenters. The summed E-state index contributed by atoms with van der Waals surface area (Å²) in [6.45, 7) is 2.35. The number of carbonyl (C=O) groups is 1. The lowest BCUT2D eigenvalue weighted by molar-refractivity contribution is 0.0728. The second-order valence-electron chi connectivity index (χ2n) is 6.62. The van der Waals surface area contributed by atoms with Gasteiger partial charge in [-0.3, -0.25) is 4.79 Å². The Balaban J connectivity index is 1.89. The number of benzene rings is 2. The number of sulfone groups is 1. The summed E-state index contributed by atoms with van der Waals surface area (Å²) in [6, 6.07) is 11.1. The van der Waals surface area contributed by atoms with Crippen molar-refractivity contribution < 1.29 is 17.6 Å². The molecule has 0 radical (unpaired) electrons. The van der Waals surface area contributed by atoms with E-state index >= 15 is 0 Å². The molecular formula is C20H19Cl2N3O4S. The summed E-state index contributed by atoms with van der Waals surface area (Å²) in [6.07, 6.45) is 1.74. The van der Waals surface area contributed by atoms with Gasteiger partial charge in [-0.15, -0.1) is 10.2 Å². The number of carbonyl (C=O) groups excluding carboxylic acids is 1. The molecule has 0 aliphatic carbocycles. The molecule has 3 rings (SSSR count). The van der Waals surface area contributed by atoms with Crippen molar-refractivity contribution in [1.29, 1.82) is 0 Å². The van der Waals surface area contributed by atoms with E-state index in [4.69, 9.17) is 27.6 Å². The Hall–Kier alpha value is -2.42. The number of hydrogen-bond donors (Lipinski definition) is 0. The molecule has 0 spiro atoms. The van der Waals surface area contributed by atoms with Crippen LogP contribution < -0.4 is 0 Å². The SMILES string of the molecule is CCCN(Cc1nnc(-c2ccccc2Cl)o1)C(=O)c1cc(S(C)(=O)=O)ccc1Cl. The minimum Gasteiger partial charge on any atom is -0.419 e. The van der Waals surface area contributed by atoms with Gasteiger partial charge in [-0.1, -0.05) is 42.3 Å². The van der Waals surface area contributed by atoms with Gasteiger partial charge in [0.1, 0.15) is 0 Å². The molecule has 7 nitrogen and oxygen atoms in total. The predicted octanol–water partition coefficient (Wildman–Crippen LogP) is 4.50. The first-order valence-corrected chi connectivity index (χ1v) is 11.7. The van der Waals surface area contributed by atoms with E-state index in [0.717, 1.165) is 6.26 Å². The first kappa shape index (κ1) is 22.3. The molecule has 0 fully saturated rings. The molecule has 0 aliphatic heterocycles. The van der Waals surface area contributed by atoms with Gasteiger partial charge in [-0.2, -0.15) is 0 Å². The Kier molecular flexibility index (Phi) is 6.80. The average molecular weight is 468 g/mol. The number of rotatable bonds is 7. The van der Waals surface area contributed by atoms with Crippen LogP contribution in [0.2, 0.25) is 10.0 Å². The predicted molar refractivity (Wildman–Crippen MR) is 114 cm³/mol. The third-order valence-electron chi connectivity index (χ3n) is 4.27. The van der Waals surface area contributed by atoms with Crippen LogP contribution in [0.5, 0.6) is 0 Å². The van der Waals surface area contributed by atoms with E-state index in [0.29, 0.717) is 23.6 Å². The summed E-state index contributed by atoms with van der Waals surface area (Å²) < 4.78 is 29.4. The van der Waals surface area contributed by atoms with Gasteiger partial charge >= 0.3 is 0 Å². The molecule has 0 unspecified atom stereocenters. The van der Waals surface area contributed by atoms with Gasteiger partial charge in [0.2, 0.25) is 11.8 Å². The fourth-order valence-electron chi connectivity index (χ4n) is 2.82. The van der Waals surface area contributed by atoms with Gasteiger partial charge in [0.25, 0.3) is 5.91 Å². The quantitative estimate of drug-likeness (QED) is 0.507. The zero-order chi connectivity index (χ0) is 21.9. The fraction of sp³-hybridized carbons (Fsp3) is 0.250. The highest BCUT2D eigenvalue weighted by atomic mass is 35.5. The van der Waals surface area contributed by atoms with Crippen molar-refractivity contribution in [1.82, 2.24) is 15.1 Å². The third kappa shape index (κ3) is 5.00. The molecule has 0 N–H and O–H groups in total. The van der Waals surface area contributed by atoms with Crippen LogP contribution in [0.25, 0.3) is 11.5 Å². The molecule has 1 aromatic heterocycles. The summed E-state index contributed by atoms with van der Waals surface area (Å²) in [5.41, 5.74) is 0.689. The zero-order valence-electron chi connectivity index (χ0n) is 16.3. The van der Waals surface area contributed by atoms with Gasteiger partial charge in [0.15, 0.2) is 9.84 Å². The molecule has 0 aliphatic rings. The van der Waals surface area contributed by atoms with E-state index in [-0.39, 0.29) is 33.8 Å². The molecule has 0 bridgehead atoms. The van der Waals surface area contributed by atoms with E-state index in [1.807, 2.05) is 6.92 Å². The van der Waals surface area contributed by atoms with Gasteiger partial charge < -0.3 is 9.32 Å². The first-order valence-electron chi connectivity index (χ1n) is 9.07. The van der Waals surface area contributed by atoms with Crippen LogP contribution in [-0.4, -0.2) is 42.2 Å². The smallest absolute Gasteiger partial charge is 0.255 e. The highest BCUT2D eigenvalue weighted by Crippen LogP contribution is 2.27. The number of amides is 1. The van der Waals surface area contributed by atoms with Crippen molar-refractivity contribution in [2.75, 3.05) is 12.8 Å². The molecule has 3 aromatic rings. The van der Waals surface area contributed by atoms with Crippen molar-refractivity contribution in [2.45, 2.75) is 24.8 Å². The molecule has 10 heteroatoms. The summed E-state index contributed by atoms with van der Waals surface area (Å²) in [5, 5.41) is 8.66. The Labute approximate surface area is 184 Å². The fourth-order valence-corrected chi connectivity index (χ4v) is 3.88. The van der Waals surface area contributed by atoms with Gasteiger partial charge in [-0.25, -0.2) is 8.42 Å². The molecule has 0 saturated heterocycles. The van der Waals surface area contributed by atoms with Gasteiger partial charge in [-0.05, 0) is 36.8 Å². The van der Waals surface area contributed by atoms with E-state index in [1.54, 1.807) is 24.3 Å². The Morgan fingerprint density at radius 2 is 1.83 bits per heavy atom. The van der Waals surface area contributed by atoms with Crippen molar-refractivity contribution in [3.63, 3.8) is 0 Å². The topological polar surface area (TPSA) is 93.4 Å². The Morgan fingerprint density at radius 1 is 1.10 bits per heavy atom. The van der Waals surface area contributed by atoms with Crippen LogP contribution >= 0.6 is 23.2 Å². The number of aromatic nitrogens is 2. The molecule has 2 aromatic carbocycles. The van der Waals surface area contributed by atoms with Crippen molar-refractivity contribution in [3.05, 3.63) is 64.0 Å². The number of hydrogen-bond acceptors (Lipinski definition) is 6. The summed E-state index contributed by atoms with van der Waals surface area (Å²) in [4.78, 5) is 14.6. The standard InChI is InChI=1S/C20H19Cl2N3O4S/c1-3-10-25(20(26)15-11-13(30(2,27)28)8-9-17(15)22)12-18-23-24-19(29-18)14-6-4-5-7-16(14)21/h4-9,11H,3,10,12H2,1-2H3. The Bertz CT molecular complexity index is 1180. The summed E-state index contributed by atoms with van der Waals surface area (Å²) in [7, 11) is -3.49. The maximum atomic E-state index is 13.1. The molecule has 0 saturated carbocycles. The minimum absolute atomic E-state index is 0.0190. The highest BCUT2D eigenvalue weighted by Gasteiger charge is 2.23. The molecule has 30 heavy (non-hydrogen) atoms. The van der Waals surface area contributed by atoms with Crippen LogP contribution in [0, 0.1) is 0 Å². The van der Waals surface area contributed by atoms with E-state index < -0.39 is 15.7 Å². The lowest BCUT2D eigenvalue weighted by Crippen LogP contribution is -2.31. The molecule has 1 amide bonds. The second kappa shape index (κ2) is 9.16. The highest BCUT2D eigenvalue weighted by molar-refractivity contribution is 7.90. The first-order chi connectivity index (χ1) is 14.2. The monoisotopic (exact) mass is 467 g/mol.